The Morgan fingerprint density at radius 1 is 1.35 bits per heavy atom. The molecule has 1 amide bonds. The van der Waals surface area contributed by atoms with Crippen LogP contribution in [0.5, 0.6) is 0 Å². The maximum atomic E-state index is 12.3. The van der Waals surface area contributed by atoms with Gasteiger partial charge in [-0.05, 0) is 43.0 Å². The molecule has 1 heterocycles. The summed E-state index contributed by atoms with van der Waals surface area (Å²) in [6.07, 6.45) is 1.79. The SMILES string of the molecule is Cc1cnc(C(C)CNC(=O)c2ccc(SC(F)(F)F)cc2)s1. The van der Waals surface area contributed by atoms with Gasteiger partial charge in [-0.2, -0.15) is 13.2 Å². The fourth-order valence-electron chi connectivity index (χ4n) is 1.84. The van der Waals surface area contributed by atoms with Crippen LogP contribution in [0.25, 0.3) is 0 Å². The van der Waals surface area contributed by atoms with E-state index in [0.29, 0.717) is 12.1 Å². The fraction of sp³-hybridized carbons (Fsp3) is 0.333. The highest BCUT2D eigenvalue weighted by molar-refractivity contribution is 8.00. The first-order chi connectivity index (χ1) is 10.7. The third-order valence-corrected chi connectivity index (χ3v) is 4.86. The van der Waals surface area contributed by atoms with Gasteiger partial charge >= 0.3 is 5.51 Å². The van der Waals surface area contributed by atoms with Crippen molar-refractivity contribution in [3.63, 3.8) is 0 Å². The van der Waals surface area contributed by atoms with Crippen LogP contribution >= 0.6 is 23.1 Å². The highest BCUT2D eigenvalue weighted by Crippen LogP contribution is 2.36. The van der Waals surface area contributed by atoms with Gasteiger partial charge in [-0.25, -0.2) is 4.98 Å². The maximum Gasteiger partial charge on any atom is 0.446 e. The zero-order valence-electron chi connectivity index (χ0n) is 12.5. The van der Waals surface area contributed by atoms with Crippen molar-refractivity contribution in [2.24, 2.45) is 0 Å². The number of halogens is 3. The summed E-state index contributed by atoms with van der Waals surface area (Å²) in [6, 6.07) is 5.37. The lowest BCUT2D eigenvalue weighted by molar-refractivity contribution is -0.0328. The summed E-state index contributed by atoms with van der Waals surface area (Å²) in [5, 5.41) is 3.72. The summed E-state index contributed by atoms with van der Waals surface area (Å²) in [4.78, 5) is 17.5. The van der Waals surface area contributed by atoms with Crippen LogP contribution < -0.4 is 5.32 Å². The third-order valence-electron chi connectivity index (χ3n) is 2.98. The summed E-state index contributed by atoms with van der Waals surface area (Å²) in [7, 11) is 0. The molecule has 0 aliphatic carbocycles. The Bertz CT molecular complexity index is 668. The maximum absolute atomic E-state index is 12.3. The van der Waals surface area contributed by atoms with Crippen LogP contribution in [0.1, 0.15) is 33.1 Å². The quantitative estimate of drug-likeness (QED) is 0.793. The molecule has 1 aromatic heterocycles. The van der Waals surface area contributed by atoms with Gasteiger partial charge in [-0.1, -0.05) is 6.92 Å². The average molecular weight is 360 g/mol. The van der Waals surface area contributed by atoms with E-state index < -0.39 is 5.51 Å². The summed E-state index contributed by atoms with van der Waals surface area (Å²) < 4.78 is 36.8. The Kier molecular flexibility index (Phi) is 5.69. The number of carbonyl (C=O) groups excluding carboxylic acids is 1. The van der Waals surface area contributed by atoms with Gasteiger partial charge in [-0.3, -0.25) is 4.79 Å². The first-order valence-electron chi connectivity index (χ1n) is 6.81. The van der Waals surface area contributed by atoms with Crippen LogP contribution in [0.3, 0.4) is 0 Å². The highest BCUT2D eigenvalue weighted by atomic mass is 32.2. The van der Waals surface area contributed by atoms with E-state index in [0.717, 1.165) is 9.88 Å². The van der Waals surface area contributed by atoms with E-state index in [1.54, 1.807) is 17.5 Å². The van der Waals surface area contributed by atoms with Crippen molar-refractivity contribution < 1.29 is 18.0 Å². The van der Waals surface area contributed by atoms with Gasteiger partial charge in [-0.15, -0.1) is 11.3 Å². The lowest BCUT2D eigenvalue weighted by Crippen LogP contribution is -2.27. The first kappa shape index (κ1) is 17.8. The second kappa shape index (κ2) is 7.35. The van der Waals surface area contributed by atoms with Gasteiger partial charge < -0.3 is 5.32 Å². The zero-order valence-corrected chi connectivity index (χ0v) is 14.1. The fourth-order valence-corrected chi connectivity index (χ4v) is 3.21. The van der Waals surface area contributed by atoms with E-state index in [1.807, 2.05) is 13.8 Å². The third kappa shape index (κ3) is 5.54. The molecule has 8 heteroatoms. The molecule has 0 saturated heterocycles. The number of nitrogens with zero attached hydrogens (tertiary/aromatic N) is 1. The van der Waals surface area contributed by atoms with Gasteiger partial charge in [0.25, 0.3) is 5.91 Å². The topological polar surface area (TPSA) is 42.0 Å². The number of thiazole rings is 1. The number of aromatic nitrogens is 1. The smallest absolute Gasteiger partial charge is 0.351 e. The van der Waals surface area contributed by atoms with Crippen LogP contribution in [-0.4, -0.2) is 22.9 Å². The molecule has 3 nitrogen and oxygen atoms in total. The summed E-state index contributed by atoms with van der Waals surface area (Å²) in [5.74, 6) is -0.230. The van der Waals surface area contributed by atoms with Crippen LogP contribution in [0.2, 0.25) is 0 Å². The molecule has 1 aromatic carbocycles. The Morgan fingerprint density at radius 3 is 2.52 bits per heavy atom. The average Bonchev–Trinajstić information content (AvgIpc) is 2.90. The molecule has 23 heavy (non-hydrogen) atoms. The highest BCUT2D eigenvalue weighted by Gasteiger charge is 2.29. The van der Waals surface area contributed by atoms with Gasteiger partial charge in [0.05, 0.1) is 5.01 Å². The van der Waals surface area contributed by atoms with Crippen molar-refractivity contribution >= 4 is 29.0 Å². The molecule has 1 unspecified atom stereocenters. The molecule has 0 fully saturated rings. The van der Waals surface area contributed by atoms with Crippen molar-refractivity contribution in [2.45, 2.75) is 30.2 Å². The molecule has 0 bridgehead atoms. The number of rotatable bonds is 5. The van der Waals surface area contributed by atoms with Gasteiger partial charge in [0.1, 0.15) is 0 Å². The van der Waals surface area contributed by atoms with Crippen molar-refractivity contribution in [1.82, 2.24) is 10.3 Å². The van der Waals surface area contributed by atoms with E-state index in [1.165, 1.54) is 24.3 Å². The monoisotopic (exact) mass is 360 g/mol. The minimum absolute atomic E-state index is 0.0562. The predicted molar refractivity (Wildman–Crippen MR) is 86.0 cm³/mol. The number of thioether (sulfide) groups is 1. The minimum atomic E-state index is -4.33. The number of nitrogens with one attached hydrogen (secondary N) is 1. The van der Waals surface area contributed by atoms with E-state index in [2.05, 4.69) is 10.3 Å². The van der Waals surface area contributed by atoms with Gasteiger partial charge in [0, 0.05) is 34.0 Å². The Morgan fingerprint density at radius 2 is 2.00 bits per heavy atom. The van der Waals surface area contributed by atoms with Crippen LogP contribution in [-0.2, 0) is 0 Å². The molecule has 1 atom stereocenters. The van der Waals surface area contributed by atoms with Crippen LogP contribution in [0, 0.1) is 6.92 Å². The molecule has 2 rings (SSSR count). The van der Waals surface area contributed by atoms with Crippen molar-refractivity contribution in [3.8, 4) is 0 Å². The Balaban J connectivity index is 1.90. The predicted octanol–water partition coefficient (Wildman–Crippen LogP) is 4.60. The van der Waals surface area contributed by atoms with Crippen LogP contribution in [0.4, 0.5) is 13.2 Å². The molecular formula is C15H15F3N2OS2. The first-order valence-corrected chi connectivity index (χ1v) is 8.44. The van der Waals surface area contributed by atoms with E-state index >= 15 is 0 Å². The number of hydrogen-bond acceptors (Lipinski definition) is 4. The molecule has 2 aromatic rings. The molecule has 0 radical (unpaired) electrons. The zero-order chi connectivity index (χ0) is 17.0. The Labute approximate surface area is 140 Å². The lowest BCUT2D eigenvalue weighted by atomic mass is 10.1. The van der Waals surface area contributed by atoms with Crippen molar-refractivity contribution in [3.05, 3.63) is 45.9 Å². The number of alkyl halides is 3. The number of benzene rings is 1. The number of amides is 1. The standard InChI is InChI=1S/C15H15F3N2OS2/c1-9(14-20-8-10(2)22-14)7-19-13(21)11-3-5-12(6-4-11)23-15(16,17)18/h3-6,8-9H,7H2,1-2H3,(H,19,21). The van der Waals surface area contributed by atoms with Gasteiger partial charge in [0.2, 0.25) is 0 Å². The number of hydrogen-bond donors (Lipinski definition) is 1. The number of carbonyl (C=O) groups is 1. The minimum Gasteiger partial charge on any atom is -0.351 e. The second-order valence-corrected chi connectivity index (χ2v) is 7.40. The molecule has 0 spiro atoms. The molecule has 1 N–H and O–H groups in total. The normalized spacial score (nSPS) is 12.9. The van der Waals surface area contributed by atoms with Crippen LogP contribution in [0.15, 0.2) is 35.4 Å². The molecule has 0 saturated carbocycles. The Hall–Kier alpha value is -1.54. The van der Waals surface area contributed by atoms with Crippen molar-refractivity contribution in [1.29, 1.82) is 0 Å². The molecular weight excluding hydrogens is 345 g/mol. The summed E-state index contributed by atoms with van der Waals surface area (Å²) >= 11 is 1.38. The molecule has 0 aliphatic rings. The second-order valence-electron chi connectivity index (χ2n) is 4.99. The van der Waals surface area contributed by atoms with E-state index in [4.69, 9.17) is 0 Å². The van der Waals surface area contributed by atoms with E-state index in [9.17, 15) is 18.0 Å². The summed E-state index contributed by atoms with van der Waals surface area (Å²) in [5.41, 5.74) is -4.00. The summed E-state index contributed by atoms with van der Waals surface area (Å²) in [6.45, 7) is 4.35. The molecule has 124 valence electrons. The van der Waals surface area contributed by atoms with Crippen molar-refractivity contribution in [2.75, 3.05) is 6.54 Å². The van der Waals surface area contributed by atoms with E-state index in [-0.39, 0.29) is 28.5 Å². The molecule has 0 aliphatic heterocycles. The largest absolute Gasteiger partial charge is 0.446 e. The van der Waals surface area contributed by atoms with Gasteiger partial charge in [0.15, 0.2) is 0 Å². The lowest BCUT2D eigenvalue weighted by Gasteiger charge is -2.11. The number of aryl methyl sites for hydroxylation is 1.